The summed E-state index contributed by atoms with van der Waals surface area (Å²) in [4.78, 5) is 11.8. The van der Waals surface area contributed by atoms with Crippen molar-refractivity contribution in [3.05, 3.63) is 27.7 Å². The highest BCUT2D eigenvalue weighted by molar-refractivity contribution is 9.10. The van der Waals surface area contributed by atoms with E-state index in [1.54, 1.807) is 12.1 Å². The third-order valence-corrected chi connectivity index (χ3v) is 3.30. The van der Waals surface area contributed by atoms with Gasteiger partial charge in [0.25, 0.3) is 0 Å². The largest absolute Gasteiger partial charge is 0.373 e. The molecule has 1 rings (SSSR count). The summed E-state index contributed by atoms with van der Waals surface area (Å²) in [5.41, 5.74) is 0.815. The Morgan fingerprint density at radius 1 is 1.39 bits per heavy atom. The SMILES string of the molecule is CC(C)CNC(=O)C(C)Nc1cc(Cl)ccc1Br. The summed E-state index contributed by atoms with van der Waals surface area (Å²) >= 11 is 9.34. The number of benzene rings is 1. The van der Waals surface area contributed by atoms with Crippen LogP contribution in [-0.2, 0) is 4.79 Å². The van der Waals surface area contributed by atoms with Crippen molar-refractivity contribution in [3.63, 3.8) is 0 Å². The van der Waals surface area contributed by atoms with Crippen LogP contribution in [0.1, 0.15) is 20.8 Å². The molecule has 1 atom stereocenters. The molecular formula is C13H18BrClN2O. The van der Waals surface area contributed by atoms with Crippen LogP contribution in [0.3, 0.4) is 0 Å². The Hall–Kier alpha value is -0.740. The number of halogens is 2. The molecule has 0 aliphatic heterocycles. The van der Waals surface area contributed by atoms with Gasteiger partial charge in [0.2, 0.25) is 5.91 Å². The van der Waals surface area contributed by atoms with Crippen LogP contribution in [0.4, 0.5) is 5.69 Å². The summed E-state index contributed by atoms with van der Waals surface area (Å²) in [5.74, 6) is 0.426. The minimum absolute atomic E-state index is 0.0180. The Labute approximate surface area is 121 Å². The van der Waals surface area contributed by atoms with Gasteiger partial charge in [0.05, 0.1) is 5.69 Å². The molecule has 0 radical (unpaired) electrons. The summed E-state index contributed by atoms with van der Waals surface area (Å²) in [6, 6.07) is 5.13. The number of hydrogen-bond donors (Lipinski definition) is 2. The first-order valence-electron chi connectivity index (χ1n) is 5.89. The lowest BCUT2D eigenvalue weighted by molar-refractivity contribution is -0.121. The van der Waals surface area contributed by atoms with E-state index >= 15 is 0 Å². The fourth-order valence-corrected chi connectivity index (χ4v) is 1.90. The van der Waals surface area contributed by atoms with E-state index in [2.05, 4.69) is 40.4 Å². The molecule has 0 aromatic heterocycles. The van der Waals surface area contributed by atoms with Gasteiger partial charge in [0.15, 0.2) is 0 Å². The van der Waals surface area contributed by atoms with Crippen molar-refractivity contribution in [1.29, 1.82) is 0 Å². The highest BCUT2D eigenvalue weighted by atomic mass is 79.9. The van der Waals surface area contributed by atoms with E-state index in [0.29, 0.717) is 17.5 Å². The van der Waals surface area contributed by atoms with E-state index in [0.717, 1.165) is 10.2 Å². The number of carbonyl (C=O) groups excluding carboxylic acids is 1. The van der Waals surface area contributed by atoms with Gasteiger partial charge in [-0.2, -0.15) is 0 Å². The third kappa shape index (κ3) is 4.86. The maximum Gasteiger partial charge on any atom is 0.242 e. The molecule has 1 aromatic carbocycles. The number of anilines is 1. The first-order valence-corrected chi connectivity index (χ1v) is 7.06. The second-order valence-electron chi connectivity index (χ2n) is 4.63. The zero-order valence-corrected chi connectivity index (χ0v) is 13.1. The zero-order valence-electron chi connectivity index (χ0n) is 10.8. The molecule has 0 bridgehead atoms. The molecule has 1 amide bonds. The molecule has 5 heteroatoms. The van der Waals surface area contributed by atoms with Crippen LogP contribution in [-0.4, -0.2) is 18.5 Å². The maximum absolute atomic E-state index is 11.8. The van der Waals surface area contributed by atoms with Gasteiger partial charge < -0.3 is 10.6 Å². The smallest absolute Gasteiger partial charge is 0.242 e. The summed E-state index contributed by atoms with van der Waals surface area (Å²) in [7, 11) is 0. The molecular weight excluding hydrogens is 316 g/mol. The van der Waals surface area contributed by atoms with Crippen LogP contribution >= 0.6 is 27.5 Å². The number of amides is 1. The molecule has 0 aliphatic carbocycles. The molecule has 100 valence electrons. The normalized spacial score (nSPS) is 12.3. The van der Waals surface area contributed by atoms with Crippen molar-refractivity contribution in [3.8, 4) is 0 Å². The summed E-state index contributed by atoms with van der Waals surface area (Å²) in [5, 5.41) is 6.65. The topological polar surface area (TPSA) is 41.1 Å². The molecule has 18 heavy (non-hydrogen) atoms. The van der Waals surface area contributed by atoms with Gasteiger partial charge in [0, 0.05) is 16.0 Å². The van der Waals surface area contributed by atoms with Crippen molar-refractivity contribution < 1.29 is 4.79 Å². The van der Waals surface area contributed by atoms with Gasteiger partial charge in [-0.05, 0) is 47.0 Å². The Kier molecular flexibility index (Phi) is 5.96. The summed E-state index contributed by atoms with van der Waals surface area (Å²) in [6.07, 6.45) is 0. The van der Waals surface area contributed by atoms with Gasteiger partial charge in [-0.25, -0.2) is 0 Å². The van der Waals surface area contributed by atoms with Crippen LogP contribution in [0.5, 0.6) is 0 Å². The van der Waals surface area contributed by atoms with Crippen LogP contribution in [0, 0.1) is 5.92 Å². The van der Waals surface area contributed by atoms with Crippen molar-refractivity contribution in [2.45, 2.75) is 26.8 Å². The first kappa shape index (κ1) is 15.3. The number of rotatable bonds is 5. The fraction of sp³-hybridized carbons (Fsp3) is 0.462. The molecule has 1 unspecified atom stereocenters. The molecule has 0 spiro atoms. The molecule has 0 fully saturated rings. The number of carbonyl (C=O) groups is 1. The van der Waals surface area contributed by atoms with E-state index in [1.165, 1.54) is 0 Å². The lowest BCUT2D eigenvalue weighted by Crippen LogP contribution is -2.39. The van der Waals surface area contributed by atoms with Gasteiger partial charge in [0.1, 0.15) is 6.04 Å². The van der Waals surface area contributed by atoms with Crippen molar-refractivity contribution in [2.75, 3.05) is 11.9 Å². The highest BCUT2D eigenvalue weighted by Crippen LogP contribution is 2.26. The summed E-state index contributed by atoms with van der Waals surface area (Å²) < 4.78 is 0.885. The average molecular weight is 334 g/mol. The van der Waals surface area contributed by atoms with Gasteiger partial charge in [-0.15, -0.1) is 0 Å². The standard InChI is InChI=1S/C13H18BrClN2O/c1-8(2)7-16-13(18)9(3)17-12-6-10(15)4-5-11(12)14/h4-6,8-9,17H,7H2,1-3H3,(H,16,18). The number of nitrogens with one attached hydrogen (secondary N) is 2. The first-order chi connectivity index (χ1) is 8.40. The van der Waals surface area contributed by atoms with E-state index in [4.69, 9.17) is 11.6 Å². The van der Waals surface area contributed by atoms with E-state index in [-0.39, 0.29) is 11.9 Å². The Balaban J connectivity index is 2.60. The Morgan fingerprint density at radius 3 is 2.67 bits per heavy atom. The van der Waals surface area contributed by atoms with Gasteiger partial charge in [-0.3, -0.25) is 4.79 Å². The van der Waals surface area contributed by atoms with E-state index < -0.39 is 0 Å². The molecule has 2 N–H and O–H groups in total. The second-order valence-corrected chi connectivity index (χ2v) is 5.92. The molecule has 0 aliphatic rings. The fourth-order valence-electron chi connectivity index (χ4n) is 1.36. The van der Waals surface area contributed by atoms with Crippen LogP contribution in [0.2, 0.25) is 5.02 Å². The van der Waals surface area contributed by atoms with Gasteiger partial charge in [-0.1, -0.05) is 25.4 Å². The van der Waals surface area contributed by atoms with Gasteiger partial charge >= 0.3 is 0 Å². The monoisotopic (exact) mass is 332 g/mol. The predicted octanol–water partition coefficient (Wildman–Crippen LogP) is 3.68. The molecule has 3 nitrogen and oxygen atoms in total. The summed E-state index contributed by atoms with van der Waals surface area (Å²) in [6.45, 7) is 6.63. The van der Waals surface area contributed by atoms with Crippen LogP contribution in [0.15, 0.2) is 22.7 Å². The third-order valence-electron chi connectivity index (χ3n) is 2.38. The Bertz CT molecular complexity index is 423. The second kappa shape index (κ2) is 7.00. The molecule has 0 saturated heterocycles. The van der Waals surface area contributed by atoms with Crippen LogP contribution in [0.25, 0.3) is 0 Å². The predicted molar refractivity (Wildman–Crippen MR) is 80.1 cm³/mol. The maximum atomic E-state index is 11.8. The van der Waals surface area contributed by atoms with E-state index in [1.807, 2.05) is 13.0 Å². The van der Waals surface area contributed by atoms with E-state index in [9.17, 15) is 4.79 Å². The van der Waals surface area contributed by atoms with Crippen LogP contribution < -0.4 is 10.6 Å². The Morgan fingerprint density at radius 2 is 2.06 bits per heavy atom. The minimum atomic E-state index is -0.307. The molecule has 0 saturated carbocycles. The number of hydrogen-bond acceptors (Lipinski definition) is 2. The minimum Gasteiger partial charge on any atom is -0.373 e. The molecule has 0 heterocycles. The average Bonchev–Trinajstić information content (AvgIpc) is 2.30. The van der Waals surface area contributed by atoms with Crippen molar-refractivity contribution in [1.82, 2.24) is 5.32 Å². The van der Waals surface area contributed by atoms with Crippen molar-refractivity contribution in [2.24, 2.45) is 5.92 Å². The quantitative estimate of drug-likeness (QED) is 0.863. The zero-order chi connectivity index (χ0) is 13.7. The lowest BCUT2D eigenvalue weighted by atomic mass is 10.2. The van der Waals surface area contributed by atoms with Crippen molar-refractivity contribution >= 4 is 39.1 Å². The highest BCUT2D eigenvalue weighted by Gasteiger charge is 2.13. The lowest BCUT2D eigenvalue weighted by Gasteiger charge is -2.17. The molecule has 1 aromatic rings.